The van der Waals surface area contributed by atoms with Gasteiger partial charge in [-0.05, 0) is 42.0 Å². The average Bonchev–Trinajstić information content (AvgIpc) is 2.62. The Morgan fingerprint density at radius 3 is 1.94 bits per heavy atom. The van der Waals surface area contributed by atoms with Crippen molar-refractivity contribution in [2.45, 2.75) is 0 Å². The van der Waals surface area contributed by atoms with Crippen LogP contribution in [0.1, 0.15) is 0 Å². The summed E-state index contributed by atoms with van der Waals surface area (Å²) in [4.78, 5) is 3.12. The zero-order valence-electron chi connectivity index (χ0n) is 8.83. The van der Waals surface area contributed by atoms with E-state index in [1.165, 1.54) is 10.9 Å². The van der Waals surface area contributed by atoms with Crippen molar-refractivity contribution in [1.29, 1.82) is 0 Å². The summed E-state index contributed by atoms with van der Waals surface area (Å²) in [5.41, 5.74) is 10.0. The Balaban J connectivity index is 0.000000274. The first-order valence-corrected chi connectivity index (χ1v) is 5.24. The molecule has 2 rings (SSSR count). The quantitative estimate of drug-likeness (QED) is 0.467. The lowest BCUT2D eigenvalue weighted by Gasteiger charge is -1.83. The molecule has 92 valence electrons. The van der Waals surface area contributed by atoms with E-state index >= 15 is 0 Å². The van der Waals surface area contributed by atoms with Crippen molar-refractivity contribution in [3.8, 4) is 0 Å². The van der Waals surface area contributed by atoms with Gasteiger partial charge in [0, 0.05) is 11.7 Å². The molecule has 0 bridgehead atoms. The molecule has 0 saturated heterocycles. The number of thiocarbonyl (C=S) groups is 2. The highest BCUT2D eigenvalue weighted by molar-refractivity contribution is 7.80. The first-order valence-electron chi connectivity index (χ1n) is 4.42. The smallest absolute Gasteiger partial charge is 0.251 e. The monoisotopic (exact) mass is 271 g/mol. The fraction of sp³-hybridized carbons (Fsp3) is 0. The van der Waals surface area contributed by atoms with Crippen LogP contribution < -0.4 is 11.5 Å². The van der Waals surface area contributed by atoms with Crippen LogP contribution in [0.3, 0.4) is 0 Å². The minimum atomic E-state index is -0.500. The van der Waals surface area contributed by atoms with E-state index in [9.17, 15) is 0 Å². The molecule has 7 heteroatoms. The van der Waals surface area contributed by atoms with Gasteiger partial charge in [-0.3, -0.25) is 0 Å². The Bertz CT molecular complexity index is 435. The molecule has 0 saturated carbocycles. The number of para-hydroxylation sites is 1. The lowest BCUT2D eigenvalue weighted by Crippen LogP contribution is -2.03. The standard InChI is InChI=1S/C8H7N.2CH3NOS/c1-2-4-8-7(3-1)5-6-9-8;2*2-1(3)4/h1-6,9H;2*(H3,2,3,4). The zero-order valence-corrected chi connectivity index (χ0v) is 10.5. The summed E-state index contributed by atoms with van der Waals surface area (Å²) in [5, 5.41) is 15.4. The van der Waals surface area contributed by atoms with Gasteiger partial charge in [0.05, 0.1) is 0 Å². The first kappa shape index (κ1) is 15.1. The van der Waals surface area contributed by atoms with E-state index in [4.69, 9.17) is 10.2 Å². The van der Waals surface area contributed by atoms with E-state index in [1.807, 2.05) is 18.3 Å². The third kappa shape index (κ3) is 9.09. The molecule has 0 radical (unpaired) electrons. The molecule has 7 N–H and O–H groups in total. The Morgan fingerprint density at radius 1 is 1.00 bits per heavy atom. The third-order valence-electron chi connectivity index (χ3n) is 1.46. The van der Waals surface area contributed by atoms with Crippen LogP contribution in [-0.2, 0) is 0 Å². The van der Waals surface area contributed by atoms with Crippen molar-refractivity contribution >= 4 is 45.7 Å². The van der Waals surface area contributed by atoms with Gasteiger partial charge in [0.15, 0.2) is 0 Å². The molecule has 2 aromatic rings. The second-order valence-electron chi connectivity index (χ2n) is 2.74. The molecule has 0 spiro atoms. The summed E-state index contributed by atoms with van der Waals surface area (Å²) in [6, 6.07) is 10.3. The largest absolute Gasteiger partial charge is 0.487 e. The highest BCUT2D eigenvalue weighted by Crippen LogP contribution is 2.09. The molecule has 0 aliphatic heterocycles. The van der Waals surface area contributed by atoms with Crippen molar-refractivity contribution in [3.63, 3.8) is 0 Å². The van der Waals surface area contributed by atoms with E-state index in [2.05, 4.69) is 59.1 Å². The summed E-state index contributed by atoms with van der Waals surface area (Å²) in [5.74, 6) is 0. The van der Waals surface area contributed by atoms with Crippen LogP contribution in [0, 0.1) is 0 Å². The molecule has 0 aliphatic rings. The fourth-order valence-electron chi connectivity index (χ4n) is 0.995. The van der Waals surface area contributed by atoms with Crippen LogP contribution in [0.25, 0.3) is 10.9 Å². The number of nitrogens with two attached hydrogens (primary N) is 2. The van der Waals surface area contributed by atoms with Crippen LogP contribution in [0.5, 0.6) is 0 Å². The number of H-pyrrole nitrogens is 1. The minimum Gasteiger partial charge on any atom is -0.487 e. The van der Waals surface area contributed by atoms with Crippen molar-refractivity contribution < 1.29 is 10.2 Å². The van der Waals surface area contributed by atoms with Crippen molar-refractivity contribution in [2.24, 2.45) is 11.5 Å². The lowest BCUT2D eigenvalue weighted by atomic mass is 10.3. The molecule has 0 atom stereocenters. The van der Waals surface area contributed by atoms with Gasteiger partial charge in [-0.25, -0.2) is 0 Å². The zero-order chi connectivity index (χ0) is 13.3. The topological polar surface area (TPSA) is 108 Å². The number of benzene rings is 1. The number of hydrogen-bond donors (Lipinski definition) is 5. The third-order valence-corrected chi connectivity index (χ3v) is 1.46. The molecule has 0 aliphatic carbocycles. The number of rotatable bonds is 0. The number of fused-ring (bicyclic) bond motifs is 1. The van der Waals surface area contributed by atoms with Gasteiger partial charge in [0.1, 0.15) is 0 Å². The predicted octanol–water partition coefficient (Wildman–Crippen LogP) is 1.74. The maximum Gasteiger partial charge on any atom is 0.251 e. The molecular weight excluding hydrogens is 258 g/mol. The maximum atomic E-state index is 7.56. The lowest BCUT2D eigenvalue weighted by molar-refractivity contribution is 0.559. The summed E-state index contributed by atoms with van der Waals surface area (Å²) < 4.78 is 0. The number of aromatic nitrogens is 1. The second-order valence-corrected chi connectivity index (χ2v) is 3.58. The highest BCUT2D eigenvalue weighted by atomic mass is 32.1. The first-order chi connectivity index (χ1) is 7.93. The van der Waals surface area contributed by atoms with Crippen LogP contribution in [0.15, 0.2) is 36.5 Å². The molecule has 0 amide bonds. The van der Waals surface area contributed by atoms with E-state index in [1.54, 1.807) is 0 Å². The molecule has 1 aromatic heterocycles. The fourth-order valence-corrected chi connectivity index (χ4v) is 0.995. The van der Waals surface area contributed by atoms with E-state index < -0.39 is 10.3 Å². The van der Waals surface area contributed by atoms with E-state index in [0.717, 1.165) is 0 Å². The Labute approximate surface area is 109 Å². The number of aliphatic hydroxyl groups excluding tert-OH is 2. The van der Waals surface area contributed by atoms with E-state index in [0.29, 0.717) is 0 Å². The molecule has 5 nitrogen and oxygen atoms in total. The highest BCUT2D eigenvalue weighted by Gasteiger charge is 1.86. The molecule has 0 unspecified atom stereocenters. The Hall–Kier alpha value is -1.86. The summed E-state index contributed by atoms with van der Waals surface area (Å²) in [6.07, 6.45) is 1.95. The Kier molecular flexibility index (Phi) is 7.40. The van der Waals surface area contributed by atoms with Crippen LogP contribution in [0.4, 0.5) is 0 Å². The summed E-state index contributed by atoms with van der Waals surface area (Å²) in [7, 11) is 0. The van der Waals surface area contributed by atoms with Crippen molar-refractivity contribution in [2.75, 3.05) is 0 Å². The molecule has 0 fully saturated rings. The number of nitrogens with one attached hydrogen (secondary N) is 1. The van der Waals surface area contributed by atoms with Gasteiger partial charge < -0.3 is 26.7 Å². The normalized spacial score (nSPS) is 8.24. The van der Waals surface area contributed by atoms with Gasteiger partial charge in [0.2, 0.25) is 0 Å². The van der Waals surface area contributed by atoms with Gasteiger partial charge >= 0.3 is 0 Å². The predicted molar refractivity (Wildman–Crippen MR) is 77.1 cm³/mol. The minimum absolute atomic E-state index is 0.500. The van der Waals surface area contributed by atoms with E-state index in [-0.39, 0.29) is 0 Å². The Morgan fingerprint density at radius 2 is 1.47 bits per heavy atom. The molecule has 17 heavy (non-hydrogen) atoms. The summed E-state index contributed by atoms with van der Waals surface area (Å²) in [6.45, 7) is 0. The number of aliphatic hydroxyl groups is 2. The summed E-state index contributed by atoms with van der Waals surface area (Å²) >= 11 is 7.74. The number of hydrogen-bond acceptors (Lipinski definition) is 2. The van der Waals surface area contributed by atoms with Gasteiger partial charge in [-0.2, -0.15) is 0 Å². The van der Waals surface area contributed by atoms with Crippen molar-refractivity contribution in [3.05, 3.63) is 36.5 Å². The van der Waals surface area contributed by atoms with Crippen LogP contribution in [-0.4, -0.2) is 25.5 Å². The molecule has 1 heterocycles. The van der Waals surface area contributed by atoms with Crippen LogP contribution >= 0.6 is 24.4 Å². The molecular formula is C10H13N3O2S2. The molecule has 1 aromatic carbocycles. The number of aromatic amines is 1. The van der Waals surface area contributed by atoms with Crippen molar-refractivity contribution in [1.82, 2.24) is 4.98 Å². The SMILES string of the molecule is NC(O)=S.NC(O)=S.c1ccc2[nH]ccc2c1. The van der Waals surface area contributed by atoms with Gasteiger partial charge in [0.25, 0.3) is 10.3 Å². The van der Waals surface area contributed by atoms with Gasteiger partial charge in [-0.1, -0.05) is 18.2 Å². The average molecular weight is 271 g/mol. The maximum absolute atomic E-state index is 7.56. The second kappa shape index (κ2) is 8.31. The van der Waals surface area contributed by atoms with Crippen LogP contribution in [0.2, 0.25) is 0 Å². The van der Waals surface area contributed by atoms with Gasteiger partial charge in [-0.15, -0.1) is 0 Å².